The first-order valence-electron chi connectivity index (χ1n) is 6.33. The van der Waals surface area contributed by atoms with E-state index in [9.17, 15) is 18.0 Å². The quantitative estimate of drug-likeness (QED) is 0.861. The fourth-order valence-electron chi connectivity index (χ4n) is 2.05. The van der Waals surface area contributed by atoms with Crippen molar-refractivity contribution in [3.63, 3.8) is 0 Å². The van der Waals surface area contributed by atoms with Crippen LogP contribution < -0.4 is 4.90 Å². The lowest BCUT2D eigenvalue weighted by atomic mass is 10.2. The van der Waals surface area contributed by atoms with E-state index in [4.69, 9.17) is 0 Å². The number of aromatic nitrogens is 1. The molecule has 1 aromatic heterocycles. The van der Waals surface area contributed by atoms with Gasteiger partial charge >= 0.3 is 6.18 Å². The Kier molecular flexibility index (Phi) is 4.22. The van der Waals surface area contributed by atoms with Crippen LogP contribution in [-0.4, -0.2) is 42.0 Å². The molecule has 2 rings (SSSR count). The van der Waals surface area contributed by atoms with Crippen molar-refractivity contribution in [3.8, 4) is 0 Å². The molecule has 1 aromatic rings. The van der Waals surface area contributed by atoms with E-state index in [2.05, 4.69) is 4.98 Å². The summed E-state index contributed by atoms with van der Waals surface area (Å²) >= 11 is 0.583. The minimum atomic E-state index is -4.38. The number of nitrogens with zero attached hydrogens (tertiary/aromatic N) is 3. The van der Waals surface area contributed by atoms with Gasteiger partial charge in [-0.1, -0.05) is 25.2 Å². The first-order chi connectivity index (χ1) is 9.27. The number of thiazole rings is 1. The summed E-state index contributed by atoms with van der Waals surface area (Å²) in [4.78, 5) is 18.4. The van der Waals surface area contributed by atoms with Gasteiger partial charge in [-0.25, -0.2) is 4.98 Å². The maximum atomic E-state index is 12.5. The summed E-state index contributed by atoms with van der Waals surface area (Å²) < 4.78 is 37.6. The van der Waals surface area contributed by atoms with Crippen LogP contribution >= 0.6 is 11.3 Å². The monoisotopic (exact) mass is 307 g/mol. The van der Waals surface area contributed by atoms with Crippen LogP contribution in [0.25, 0.3) is 0 Å². The number of anilines is 1. The Morgan fingerprint density at radius 2 is 2.10 bits per heavy atom. The van der Waals surface area contributed by atoms with Crippen LogP contribution in [0.4, 0.5) is 18.3 Å². The van der Waals surface area contributed by atoms with Gasteiger partial charge in [0.05, 0.1) is 12.7 Å². The highest BCUT2D eigenvalue weighted by molar-refractivity contribution is 7.15. The Labute approximate surface area is 119 Å². The standard InChI is InChI=1S/C12H16F3N3OS/c1-8(2)6-17-3-4-18(7-10(17)19)11-16-5-9(20-11)12(13,14)15/h5,8H,3-4,6-7H2,1-2H3. The molecular formula is C12H16F3N3OS. The van der Waals surface area contributed by atoms with E-state index >= 15 is 0 Å². The van der Waals surface area contributed by atoms with Gasteiger partial charge in [-0.2, -0.15) is 13.2 Å². The Morgan fingerprint density at radius 1 is 1.40 bits per heavy atom. The van der Waals surface area contributed by atoms with Gasteiger partial charge in [0.25, 0.3) is 0 Å². The van der Waals surface area contributed by atoms with E-state index in [1.54, 1.807) is 9.80 Å². The molecule has 1 saturated heterocycles. The highest BCUT2D eigenvalue weighted by atomic mass is 32.1. The van der Waals surface area contributed by atoms with Crippen LogP contribution in [0.1, 0.15) is 18.7 Å². The largest absolute Gasteiger partial charge is 0.427 e. The molecule has 0 N–H and O–H groups in total. The van der Waals surface area contributed by atoms with Gasteiger partial charge in [0.2, 0.25) is 5.91 Å². The molecule has 20 heavy (non-hydrogen) atoms. The van der Waals surface area contributed by atoms with E-state index < -0.39 is 11.1 Å². The van der Waals surface area contributed by atoms with Crippen molar-refractivity contribution in [2.75, 3.05) is 31.1 Å². The summed E-state index contributed by atoms with van der Waals surface area (Å²) in [7, 11) is 0. The molecule has 0 aliphatic carbocycles. The third-order valence-electron chi connectivity index (χ3n) is 2.95. The molecule has 1 aliphatic rings. The Hall–Kier alpha value is -1.31. The van der Waals surface area contributed by atoms with Crippen LogP contribution in [0.5, 0.6) is 0 Å². The second kappa shape index (κ2) is 5.59. The van der Waals surface area contributed by atoms with Gasteiger partial charge in [0, 0.05) is 19.6 Å². The molecule has 8 heteroatoms. The number of carbonyl (C=O) groups is 1. The fraction of sp³-hybridized carbons (Fsp3) is 0.667. The summed E-state index contributed by atoms with van der Waals surface area (Å²) in [5.41, 5.74) is 0. The molecule has 0 unspecified atom stereocenters. The van der Waals surface area contributed by atoms with Gasteiger partial charge in [-0.3, -0.25) is 4.79 Å². The zero-order valence-electron chi connectivity index (χ0n) is 11.3. The zero-order valence-corrected chi connectivity index (χ0v) is 12.1. The Morgan fingerprint density at radius 3 is 2.60 bits per heavy atom. The number of halogens is 3. The highest BCUT2D eigenvalue weighted by Gasteiger charge is 2.35. The molecule has 1 aliphatic heterocycles. The minimum Gasteiger partial charge on any atom is -0.339 e. The number of rotatable bonds is 3. The summed E-state index contributed by atoms with van der Waals surface area (Å²) in [6, 6.07) is 0. The SMILES string of the molecule is CC(C)CN1CCN(c2ncc(C(F)(F)F)s2)CC1=O. The molecule has 1 fully saturated rings. The summed E-state index contributed by atoms with van der Waals surface area (Å²) in [6.45, 7) is 5.86. The van der Waals surface area contributed by atoms with E-state index in [1.807, 2.05) is 13.8 Å². The van der Waals surface area contributed by atoms with Gasteiger partial charge in [-0.15, -0.1) is 0 Å². The van der Waals surface area contributed by atoms with Crippen molar-refractivity contribution < 1.29 is 18.0 Å². The minimum absolute atomic E-state index is 0.0614. The van der Waals surface area contributed by atoms with Crippen molar-refractivity contribution in [1.82, 2.24) is 9.88 Å². The van der Waals surface area contributed by atoms with E-state index in [0.717, 1.165) is 6.20 Å². The number of carbonyl (C=O) groups excluding carboxylic acids is 1. The smallest absolute Gasteiger partial charge is 0.339 e. The Bertz CT molecular complexity index is 487. The summed E-state index contributed by atoms with van der Waals surface area (Å²) in [6.07, 6.45) is -3.55. The maximum Gasteiger partial charge on any atom is 0.427 e. The number of piperazine rings is 1. The average Bonchev–Trinajstić information content (AvgIpc) is 2.80. The molecular weight excluding hydrogens is 291 g/mol. The molecule has 2 heterocycles. The first-order valence-corrected chi connectivity index (χ1v) is 7.14. The third-order valence-corrected chi connectivity index (χ3v) is 4.05. The molecule has 1 amide bonds. The second-order valence-electron chi connectivity index (χ2n) is 5.16. The van der Waals surface area contributed by atoms with Crippen LogP contribution in [0.2, 0.25) is 0 Å². The van der Waals surface area contributed by atoms with Crippen LogP contribution in [0.15, 0.2) is 6.20 Å². The topological polar surface area (TPSA) is 36.4 Å². The highest BCUT2D eigenvalue weighted by Crippen LogP contribution is 2.36. The maximum absolute atomic E-state index is 12.5. The summed E-state index contributed by atoms with van der Waals surface area (Å²) in [5.74, 6) is 0.316. The fourth-order valence-corrected chi connectivity index (χ4v) is 2.86. The zero-order chi connectivity index (χ0) is 14.9. The molecule has 112 valence electrons. The van der Waals surface area contributed by atoms with Crippen LogP contribution in [-0.2, 0) is 11.0 Å². The van der Waals surface area contributed by atoms with Gasteiger partial charge in [0.1, 0.15) is 4.88 Å². The van der Waals surface area contributed by atoms with Crippen molar-refractivity contribution in [3.05, 3.63) is 11.1 Å². The number of alkyl halides is 3. The predicted octanol–water partition coefficient (Wildman–Crippen LogP) is 2.47. The number of hydrogen-bond acceptors (Lipinski definition) is 4. The molecule has 0 bridgehead atoms. The first kappa shape index (κ1) is 15.1. The van der Waals surface area contributed by atoms with E-state index in [-0.39, 0.29) is 17.6 Å². The molecule has 0 atom stereocenters. The van der Waals surface area contributed by atoms with E-state index in [0.29, 0.717) is 36.9 Å². The predicted molar refractivity (Wildman–Crippen MR) is 70.7 cm³/mol. The summed E-state index contributed by atoms with van der Waals surface area (Å²) in [5, 5.41) is 0.259. The van der Waals surface area contributed by atoms with Crippen LogP contribution in [0, 0.1) is 5.92 Å². The molecule has 0 aromatic carbocycles. The second-order valence-corrected chi connectivity index (χ2v) is 6.17. The number of hydrogen-bond donors (Lipinski definition) is 0. The van der Waals surface area contributed by atoms with Gasteiger partial charge in [0.15, 0.2) is 5.13 Å². The molecule has 0 spiro atoms. The third kappa shape index (κ3) is 3.41. The van der Waals surface area contributed by atoms with Crippen molar-refractivity contribution in [1.29, 1.82) is 0 Å². The lowest BCUT2D eigenvalue weighted by molar-refractivity contribution is -0.134. The lowest BCUT2D eigenvalue weighted by Crippen LogP contribution is -2.51. The average molecular weight is 307 g/mol. The lowest BCUT2D eigenvalue weighted by Gasteiger charge is -2.35. The van der Waals surface area contributed by atoms with Crippen LogP contribution in [0.3, 0.4) is 0 Å². The van der Waals surface area contributed by atoms with Crippen molar-refractivity contribution in [2.45, 2.75) is 20.0 Å². The normalized spacial score (nSPS) is 17.2. The molecule has 4 nitrogen and oxygen atoms in total. The van der Waals surface area contributed by atoms with Gasteiger partial charge < -0.3 is 9.80 Å². The number of amides is 1. The van der Waals surface area contributed by atoms with Crippen molar-refractivity contribution >= 4 is 22.4 Å². The van der Waals surface area contributed by atoms with Gasteiger partial charge in [-0.05, 0) is 5.92 Å². The van der Waals surface area contributed by atoms with Crippen molar-refractivity contribution in [2.24, 2.45) is 5.92 Å². The molecule has 0 radical (unpaired) electrons. The Balaban J connectivity index is 2.02. The molecule has 0 saturated carbocycles. The van der Waals surface area contributed by atoms with E-state index in [1.165, 1.54) is 0 Å².